The van der Waals surface area contributed by atoms with E-state index < -0.39 is 0 Å². The van der Waals surface area contributed by atoms with Gasteiger partial charge in [0.2, 0.25) is 0 Å². The van der Waals surface area contributed by atoms with Crippen LogP contribution >= 0.6 is 0 Å². The molecule has 1 aromatic rings. The Morgan fingerprint density at radius 3 is 2.45 bits per heavy atom. The predicted molar refractivity (Wildman–Crippen MR) is 83.5 cm³/mol. The van der Waals surface area contributed by atoms with Crippen molar-refractivity contribution in [1.29, 1.82) is 0 Å². The molecule has 0 spiro atoms. The van der Waals surface area contributed by atoms with Crippen molar-refractivity contribution in [2.45, 2.75) is 38.8 Å². The van der Waals surface area contributed by atoms with Crippen molar-refractivity contribution in [3.05, 3.63) is 23.8 Å². The van der Waals surface area contributed by atoms with Gasteiger partial charge in [-0.25, -0.2) is 0 Å². The van der Waals surface area contributed by atoms with Gasteiger partial charge >= 0.3 is 0 Å². The van der Waals surface area contributed by atoms with Crippen molar-refractivity contribution in [1.82, 2.24) is 4.90 Å². The number of methoxy groups -OCH3 is 2. The molecule has 2 unspecified atom stereocenters. The Morgan fingerprint density at radius 2 is 1.95 bits per heavy atom. The second-order valence-corrected chi connectivity index (χ2v) is 5.16. The van der Waals surface area contributed by atoms with Crippen molar-refractivity contribution in [2.24, 2.45) is 5.73 Å². The molecule has 0 radical (unpaired) electrons. The van der Waals surface area contributed by atoms with Crippen LogP contribution in [-0.4, -0.2) is 38.8 Å². The Balaban J connectivity index is 3.05. The fourth-order valence-electron chi connectivity index (χ4n) is 2.53. The molecule has 4 nitrogen and oxygen atoms in total. The van der Waals surface area contributed by atoms with Gasteiger partial charge in [-0.05, 0) is 26.5 Å². The van der Waals surface area contributed by atoms with E-state index in [9.17, 15) is 0 Å². The zero-order valence-electron chi connectivity index (χ0n) is 13.3. The van der Waals surface area contributed by atoms with Gasteiger partial charge in [0, 0.05) is 24.2 Å². The van der Waals surface area contributed by atoms with E-state index in [1.54, 1.807) is 14.2 Å². The molecule has 4 heteroatoms. The maximum atomic E-state index is 6.01. The first-order chi connectivity index (χ1) is 9.58. The van der Waals surface area contributed by atoms with Gasteiger partial charge in [0.05, 0.1) is 20.3 Å². The molecule has 0 fully saturated rings. The zero-order chi connectivity index (χ0) is 15.1. The number of ether oxygens (including phenoxy) is 2. The van der Waals surface area contributed by atoms with Gasteiger partial charge in [-0.15, -0.1) is 0 Å². The molecule has 0 heterocycles. The van der Waals surface area contributed by atoms with Gasteiger partial charge in [-0.3, -0.25) is 4.90 Å². The van der Waals surface area contributed by atoms with Gasteiger partial charge < -0.3 is 15.2 Å². The van der Waals surface area contributed by atoms with Crippen molar-refractivity contribution < 1.29 is 9.47 Å². The summed E-state index contributed by atoms with van der Waals surface area (Å²) in [6.45, 7) is 5.01. The van der Waals surface area contributed by atoms with E-state index >= 15 is 0 Å². The average Bonchev–Trinajstić information content (AvgIpc) is 2.48. The van der Waals surface area contributed by atoms with E-state index in [1.807, 2.05) is 18.2 Å². The topological polar surface area (TPSA) is 47.7 Å². The van der Waals surface area contributed by atoms with Crippen LogP contribution in [-0.2, 0) is 0 Å². The highest BCUT2D eigenvalue weighted by atomic mass is 16.5. The predicted octanol–water partition coefficient (Wildman–Crippen LogP) is 2.82. The molecule has 114 valence electrons. The van der Waals surface area contributed by atoms with Crippen LogP contribution in [0.3, 0.4) is 0 Å². The van der Waals surface area contributed by atoms with Crippen molar-refractivity contribution in [2.75, 3.05) is 27.8 Å². The lowest BCUT2D eigenvalue weighted by atomic mass is 10.0. The fourth-order valence-corrected chi connectivity index (χ4v) is 2.53. The van der Waals surface area contributed by atoms with Gasteiger partial charge in [0.15, 0.2) is 0 Å². The molecule has 0 aliphatic heterocycles. The lowest BCUT2D eigenvalue weighted by Gasteiger charge is -2.33. The third-order valence-corrected chi connectivity index (χ3v) is 3.92. The molecule has 0 saturated carbocycles. The summed E-state index contributed by atoms with van der Waals surface area (Å²) in [5.74, 6) is 1.63. The molecule has 0 saturated heterocycles. The van der Waals surface area contributed by atoms with Crippen LogP contribution in [0.1, 0.15) is 38.3 Å². The van der Waals surface area contributed by atoms with E-state index in [0.29, 0.717) is 12.6 Å². The van der Waals surface area contributed by atoms with E-state index in [-0.39, 0.29) is 6.04 Å². The van der Waals surface area contributed by atoms with E-state index in [4.69, 9.17) is 15.2 Å². The van der Waals surface area contributed by atoms with Crippen molar-refractivity contribution >= 4 is 0 Å². The third-order valence-electron chi connectivity index (χ3n) is 3.92. The summed E-state index contributed by atoms with van der Waals surface area (Å²) in [5.41, 5.74) is 7.12. The standard InChI is InChI=1S/C16H28N2O2/c1-6-7-12(2)18(3)15(11-17)14-9-8-13(19-4)10-16(14)20-5/h8-10,12,15H,6-7,11,17H2,1-5H3. The fraction of sp³-hybridized carbons (Fsp3) is 0.625. The molecule has 2 atom stereocenters. The second-order valence-electron chi connectivity index (χ2n) is 5.16. The minimum atomic E-state index is 0.150. The average molecular weight is 280 g/mol. The lowest BCUT2D eigenvalue weighted by Crippen LogP contribution is -2.37. The zero-order valence-corrected chi connectivity index (χ0v) is 13.3. The van der Waals surface area contributed by atoms with Crippen LogP contribution in [0, 0.1) is 0 Å². The first-order valence-corrected chi connectivity index (χ1v) is 7.22. The molecular formula is C16H28N2O2. The van der Waals surface area contributed by atoms with E-state index in [0.717, 1.165) is 23.5 Å². The highest BCUT2D eigenvalue weighted by molar-refractivity contribution is 5.42. The Morgan fingerprint density at radius 1 is 1.25 bits per heavy atom. The first kappa shape index (κ1) is 16.8. The number of nitrogens with two attached hydrogens (primary N) is 1. The van der Waals surface area contributed by atoms with Crippen molar-refractivity contribution in [3.63, 3.8) is 0 Å². The highest BCUT2D eigenvalue weighted by Gasteiger charge is 2.23. The summed E-state index contributed by atoms with van der Waals surface area (Å²) in [6, 6.07) is 6.55. The smallest absolute Gasteiger partial charge is 0.127 e. The summed E-state index contributed by atoms with van der Waals surface area (Å²) in [6.07, 6.45) is 2.33. The molecule has 0 aliphatic rings. The SMILES string of the molecule is CCCC(C)N(C)C(CN)c1ccc(OC)cc1OC. The van der Waals surface area contributed by atoms with Crippen LogP contribution in [0.15, 0.2) is 18.2 Å². The summed E-state index contributed by atoms with van der Waals surface area (Å²) in [5, 5.41) is 0. The summed E-state index contributed by atoms with van der Waals surface area (Å²) < 4.78 is 10.7. The largest absolute Gasteiger partial charge is 0.497 e. The Bertz CT molecular complexity index is 409. The van der Waals surface area contributed by atoms with Crippen molar-refractivity contribution in [3.8, 4) is 11.5 Å². The van der Waals surface area contributed by atoms with Gasteiger partial charge in [0.25, 0.3) is 0 Å². The summed E-state index contributed by atoms with van der Waals surface area (Å²) in [7, 11) is 5.47. The monoisotopic (exact) mass is 280 g/mol. The maximum absolute atomic E-state index is 6.01. The number of rotatable bonds is 8. The van der Waals surface area contributed by atoms with Gasteiger partial charge in [0.1, 0.15) is 11.5 Å². The van der Waals surface area contributed by atoms with E-state index in [1.165, 1.54) is 6.42 Å². The highest BCUT2D eigenvalue weighted by Crippen LogP contribution is 2.32. The summed E-state index contributed by atoms with van der Waals surface area (Å²) >= 11 is 0. The Hall–Kier alpha value is -1.26. The molecule has 0 amide bonds. The first-order valence-electron chi connectivity index (χ1n) is 7.22. The number of benzene rings is 1. The summed E-state index contributed by atoms with van der Waals surface area (Å²) in [4.78, 5) is 2.33. The normalized spacial score (nSPS) is 14.2. The third kappa shape index (κ3) is 3.87. The van der Waals surface area contributed by atoms with E-state index in [2.05, 4.69) is 25.8 Å². The molecule has 0 aliphatic carbocycles. The molecular weight excluding hydrogens is 252 g/mol. The molecule has 1 rings (SSSR count). The van der Waals surface area contributed by atoms with Crippen LogP contribution in [0.5, 0.6) is 11.5 Å². The minimum Gasteiger partial charge on any atom is -0.497 e. The number of hydrogen-bond donors (Lipinski definition) is 1. The van der Waals surface area contributed by atoms with Crippen LogP contribution < -0.4 is 15.2 Å². The number of hydrogen-bond acceptors (Lipinski definition) is 4. The second kappa shape index (κ2) is 8.12. The molecule has 2 N–H and O–H groups in total. The van der Waals surface area contributed by atoms with Gasteiger partial charge in [-0.2, -0.15) is 0 Å². The van der Waals surface area contributed by atoms with Crippen LogP contribution in [0.2, 0.25) is 0 Å². The molecule has 1 aromatic carbocycles. The Kier molecular flexibility index (Phi) is 6.82. The van der Waals surface area contributed by atoms with Gasteiger partial charge in [-0.1, -0.05) is 19.4 Å². The molecule has 20 heavy (non-hydrogen) atoms. The van der Waals surface area contributed by atoms with Crippen LogP contribution in [0.4, 0.5) is 0 Å². The maximum Gasteiger partial charge on any atom is 0.127 e. The lowest BCUT2D eigenvalue weighted by molar-refractivity contribution is 0.176. The Labute approximate surface area is 122 Å². The number of nitrogens with zero attached hydrogens (tertiary/aromatic N) is 1. The quantitative estimate of drug-likeness (QED) is 0.795. The van der Waals surface area contributed by atoms with Crippen LogP contribution in [0.25, 0.3) is 0 Å². The minimum absolute atomic E-state index is 0.150. The molecule has 0 bridgehead atoms. The molecule has 0 aromatic heterocycles. The number of likely N-dealkylation sites (N-methyl/N-ethyl adjacent to an activating group) is 1.